The van der Waals surface area contributed by atoms with Gasteiger partial charge in [0.25, 0.3) is 0 Å². The molecule has 1 atom stereocenters. The first-order valence-electron chi connectivity index (χ1n) is 5.53. The average molecular weight is 316 g/mol. The van der Waals surface area contributed by atoms with Crippen LogP contribution in [0.15, 0.2) is 33.2 Å². The molecule has 0 fully saturated rings. The van der Waals surface area contributed by atoms with Gasteiger partial charge in [-0.2, -0.15) is 0 Å². The Kier molecular flexibility index (Phi) is 3.82. The molecule has 0 saturated carbocycles. The number of rotatable bonds is 3. The van der Waals surface area contributed by atoms with Crippen molar-refractivity contribution in [3.8, 4) is 11.3 Å². The smallest absolute Gasteiger partial charge is 0.138 e. The van der Waals surface area contributed by atoms with Gasteiger partial charge in [-0.05, 0) is 46.6 Å². The number of hydrogen-bond donors (Lipinski definition) is 1. The molecule has 0 saturated heterocycles. The molecule has 2 rings (SSSR count). The van der Waals surface area contributed by atoms with E-state index in [0.717, 1.165) is 12.1 Å². The normalized spacial score (nSPS) is 12.7. The highest BCUT2D eigenvalue weighted by Gasteiger charge is 2.15. The lowest BCUT2D eigenvalue weighted by atomic mass is 10.1. The molecule has 1 aromatic heterocycles. The Bertz CT molecular complexity index is 568. The summed E-state index contributed by atoms with van der Waals surface area (Å²) in [4.78, 5) is 0. The average Bonchev–Trinajstić information content (AvgIpc) is 2.82. The number of benzene rings is 1. The molecular formula is C13H12BrF2NO. The highest BCUT2D eigenvalue weighted by Crippen LogP contribution is 2.30. The van der Waals surface area contributed by atoms with Crippen LogP contribution < -0.4 is 5.73 Å². The first-order valence-corrected chi connectivity index (χ1v) is 6.32. The van der Waals surface area contributed by atoms with Gasteiger partial charge < -0.3 is 10.2 Å². The summed E-state index contributed by atoms with van der Waals surface area (Å²) >= 11 is 2.93. The molecule has 0 spiro atoms. The molecule has 0 radical (unpaired) electrons. The molecule has 18 heavy (non-hydrogen) atoms. The van der Waals surface area contributed by atoms with Crippen LogP contribution in [0.5, 0.6) is 0 Å². The Hall–Kier alpha value is -1.20. The summed E-state index contributed by atoms with van der Waals surface area (Å²) in [7, 11) is 0. The van der Waals surface area contributed by atoms with Gasteiger partial charge in [0.05, 0.1) is 16.1 Å². The first kappa shape index (κ1) is 13.2. The topological polar surface area (TPSA) is 39.2 Å². The third-order valence-corrected chi connectivity index (χ3v) is 3.32. The van der Waals surface area contributed by atoms with Crippen LogP contribution in [0.1, 0.15) is 25.1 Å². The van der Waals surface area contributed by atoms with Gasteiger partial charge in [-0.25, -0.2) is 8.78 Å². The van der Waals surface area contributed by atoms with Crippen molar-refractivity contribution in [3.63, 3.8) is 0 Å². The van der Waals surface area contributed by atoms with Crippen molar-refractivity contribution < 1.29 is 13.2 Å². The van der Waals surface area contributed by atoms with Gasteiger partial charge in [0.1, 0.15) is 23.2 Å². The van der Waals surface area contributed by atoms with Crippen molar-refractivity contribution >= 4 is 15.9 Å². The molecule has 2 N–H and O–H groups in total. The Morgan fingerprint density at radius 3 is 2.67 bits per heavy atom. The molecule has 0 aliphatic heterocycles. The fourth-order valence-corrected chi connectivity index (χ4v) is 1.92. The lowest BCUT2D eigenvalue weighted by molar-refractivity contribution is 0.467. The zero-order valence-electron chi connectivity index (χ0n) is 9.71. The van der Waals surface area contributed by atoms with Crippen LogP contribution >= 0.6 is 15.9 Å². The molecule has 0 aliphatic rings. The lowest BCUT2D eigenvalue weighted by Crippen LogP contribution is -2.06. The maximum atomic E-state index is 13.7. The van der Waals surface area contributed by atoms with Crippen LogP contribution in [-0.4, -0.2) is 0 Å². The third-order valence-electron chi connectivity index (χ3n) is 2.71. The van der Waals surface area contributed by atoms with Crippen molar-refractivity contribution in [2.75, 3.05) is 0 Å². The Balaban J connectivity index is 2.43. The molecular weight excluding hydrogens is 304 g/mol. The van der Waals surface area contributed by atoms with Crippen molar-refractivity contribution in [3.05, 3.63) is 46.1 Å². The molecule has 1 heterocycles. The molecule has 1 aromatic carbocycles. The molecule has 96 valence electrons. The van der Waals surface area contributed by atoms with Gasteiger partial charge in [-0.15, -0.1) is 0 Å². The highest BCUT2D eigenvalue weighted by atomic mass is 79.9. The second kappa shape index (κ2) is 5.20. The van der Waals surface area contributed by atoms with Gasteiger partial charge in [-0.3, -0.25) is 0 Å². The SMILES string of the molecule is CCC(N)c1ccc(-c2cc(F)c(Br)cc2F)o1. The molecule has 1 unspecified atom stereocenters. The van der Waals surface area contributed by atoms with E-state index in [2.05, 4.69) is 15.9 Å². The van der Waals surface area contributed by atoms with Crippen molar-refractivity contribution in [2.24, 2.45) is 5.73 Å². The fourth-order valence-electron chi connectivity index (χ4n) is 1.61. The Morgan fingerprint density at radius 1 is 1.28 bits per heavy atom. The minimum absolute atomic E-state index is 0.0841. The van der Waals surface area contributed by atoms with Crippen LogP contribution in [0.2, 0.25) is 0 Å². The number of furan rings is 1. The van der Waals surface area contributed by atoms with Crippen LogP contribution in [0.25, 0.3) is 11.3 Å². The van der Waals surface area contributed by atoms with Crippen LogP contribution in [0.4, 0.5) is 8.78 Å². The summed E-state index contributed by atoms with van der Waals surface area (Å²) in [5.74, 6) is -0.244. The van der Waals surface area contributed by atoms with Crippen LogP contribution in [0.3, 0.4) is 0 Å². The van der Waals surface area contributed by atoms with Gasteiger partial charge in [0.2, 0.25) is 0 Å². The van der Waals surface area contributed by atoms with E-state index in [9.17, 15) is 8.78 Å². The highest BCUT2D eigenvalue weighted by molar-refractivity contribution is 9.10. The molecule has 2 aromatic rings. The molecule has 5 heteroatoms. The summed E-state index contributed by atoms with van der Waals surface area (Å²) in [6, 6.07) is 5.22. The van der Waals surface area contributed by atoms with E-state index in [-0.39, 0.29) is 21.8 Å². The van der Waals surface area contributed by atoms with Gasteiger partial charge >= 0.3 is 0 Å². The predicted molar refractivity (Wildman–Crippen MR) is 69.0 cm³/mol. The van der Waals surface area contributed by atoms with Crippen molar-refractivity contribution in [1.82, 2.24) is 0 Å². The van der Waals surface area contributed by atoms with Crippen LogP contribution in [-0.2, 0) is 0 Å². The Labute approximate surface area is 112 Å². The minimum Gasteiger partial charge on any atom is -0.459 e. The number of halogens is 3. The molecule has 0 bridgehead atoms. The Morgan fingerprint density at radius 2 is 2.00 bits per heavy atom. The van der Waals surface area contributed by atoms with E-state index in [1.807, 2.05) is 6.92 Å². The lowest BCUT2D eigenvalue weighted by Gasteiger charge is -2.05. The summed E-state index contributed by atoms with van der Waals surface area (Å²) in [5.41, 5.74) is 5.90. The molecule has 0 aliphatic carbocycles. The monoisotopic (exact) mass is 315 g/mol. The quantitative estimate of drug-likeness (QED) is 0.853. The van der Waals surface area contributed by atoms with E-state index >= 15 is 0 Å². The maximum absolute atomic E-state index is 13.7. The minimum atomic E-state index is -0.547. The van der Waals surface area contributed by atoms with Gasteiger partial charge in [0, 0.05) is 0 Å². The summed E-state index contributed by atoms with van der Waals surface area (Å²) in [5, 5.41) is 0. The van der Waals surface area contributed by atoms with Crippen molar-refractivity contribution in [1.29, 1.82) is 0 Å². The molecule has 2 nitrogen and oxygen atoms in total. The second-order valence-electron chi connectivity index (χ2n) is 3.96. The summed E-state index contributed by atoms with van der Waals surface area (Å²) in [6.45, 7) is 1.92. The van der Waals surface area contributed by atoms with E-state index in [1.54, 1.807) is 12.1 Å². The van der Waals surface area contributed by atoms with Crippen LogP contribution in [0, 0.1) is 11.6 Å². The molecule has 0 amide bonds. The maximum Gasteiger partial charge on any atom is 0.138 e. The first-order chi connectivity index (χ1) is 8.52. The summed E-state index contributed by atoms with van der Waals surface area (Å²) in [6.07, 6.45) is 0.712. The zero-order chi connectivity index (χ0) is 13.3. The third kappa shape index (κ3) is 2.47. The second-order valence-corrected chi connectivity index (χ2v) is 4.82. The van der Waals surface area contributed by atoms with Crippen molar-refractivity contribution in [2.45, 2.75) is 19.4 Å². The number of nitrogens with two attached hydrogens (primary N) is 1. The van der Waals surface area contributed by atoms with Gasteiger partial charge in [0.15, 0.2) is 0 Å². The number of hydrogen-bond acceptors (Lipinski definition) is 2. The summed E-state index contributed by atoms with van der Waals surface area (Å²) < 4.78 is 32.7. The van der Waals surface area contributed by atoms with E-state index in [0.29, 0.717) is 12.2 Å². The standard InChI is InChI=1S/C13H12BrF2NO/c1-2-11(17)13-4-3-12(18-13)7-5-10(16)8(14)6-9(7)15/h3-6,11H,2,17H2,1H3. The van der Waals surface area contributed by atoms with Gasteiger partial charge in [-0.1, -0.05) is 6.92 Å². The van der Waals surface area contributed by atoms with E-state index < -0.39 is 11.6 Å². The van der Waals surface area contributed by atoms with E-state index in [1.165, 1.54) is 0 Å². The zero-order valence-corrected chi connectivity index (χ0v) is 11.3. The van der Waals surface area contributed by atoms with E-state index in [4.69, 9.17) is 10.2 Å². The predicted octanol–water partition coefficient (Wildman–Crippen LogP) is 4.40. The fraction of sp³-hybridized carbons (Fsp3) is 0.231. The largest absolute Gasteiger partial charge is 0.459 e.